The molecule has 0 bridgehead atoms. The second-order valence-electron chi connectivity index (χ2n) is 6.59. The molecule has 1 aromatic rings. The molecule has 2 saturated heterocycles. The maximum atomic E-state index is 12.5. The Hall–Kier alpha value is -1.82. The standard InChI is InChI=1S/C16H24N4O2/c1-12-4-5-13(22-3)14(17-12)18-15(21)20-9-7-16(11-20)6-8-19(2)10-16/h4-5H,6-11H2,1-3H3,(H,17,18,21). The Balaban J connectivity index is 1.67. The molecule has 3 heterocycles. The Kier molecular flexibility index (Phi) is 3.95. The lowest BCUT2D eigenvalue weighted by atomic mass is 9.86. The van der Waals surface area contributed by atoms with E-state index in [1.54, 1.807) is 7.11 Å². The number of anilines is 1. The minimum Gasteiger partial charge on any atom is -0.493 e. The van der Waals surface area contributed by atoms with Crippen LogP contribution in [0.3, 0.4) is 0 Å². The van der Waals surface area contributed by atoms with Gasteiger partial charge in [0.1, 0.15) is 0 Å². The predicted molar refractivity (Wildman–Crippen MR) is 85.3 cm³/mol. The molecule has 2 aliphatic heterocycles. The fourth-order valence-electron chi connectivity index (χ4n) is 3.58. The van der Waals surface area contributed by atoms with Gasteiger partial charge in [0.05, 0.1) is 7.11 Å². The van der Waals surface area contributed by atoms with E-state index in [-0.39, 0.29) is 11.4 Å². The molecule has 2 fully saturated rings. The molecule has 1 spiro atoms. The second kappa shape index (κ2) is 5.76. The van der Waals surface area contributed by atoms with Crippen molar-refractivity contribution in [2.24, 2.45) is 5.41 Å². The summed E-state index contributed by atoms with van der Waals surface area (Å²) in [6.45, 7) is 5.75. The van der Waals surface area contributed by atoms with Gasteiger partial charge in [-0.05, 0) is 45.5 Å². The van der Waals surface area contributed by atoms with Crippen molar-refractivity contribution >= 4 is 11.8 Å². The van der Waals surface area contributed by atoms with Crippen LogP contribution in [0.15, 0.2) is 12.1 Å². The number of ether oxygens (including phenoxy) is 1. The smallest absolute Gasteiger partial charge is 0.323 e. The van der Waals surface area contributed by atoms with Crippen molar-refractivity contribution in [1.29, 1.82) is 0 Å². The van der Waals surface area contributed by atoms with E-state index in [4.69, 9.17) is 4.74 Å². The van der Waals surface area contributed by atoms with Crippen molar-refractivity contribution in [2.45, 2.75) is 19.8 Å². The van der Waals surface area contributed by atoms with Crippen LogP contribution >= 0.6 is 0 Å². The molecule has 22 heavy (non-hydrogen) atoms. The first-order valence-corrected chi connectivity index (χ1v) is 7.77. The number of pyridine rings is 1. The maximum Gasteiger partial charge on any atom is 0.323 e. The molecule has 1 unspecified atom stereocenters. The van der Waals surface area contributed by atoms with Crippen molar-refractivity contribution in [3.8, 4) is 5.75 Å². The molecule has 2 aliphatic rings. The summed E-state index contributed by atoms with van der Waals surface area (Å²) in [5.41, 5.74) is 1.14. The van der Waals surface area contributed by atoms with E-state index in [2.05, 4.69) is 22.2 Å². The van der Waals surface area contributed by atoms with E-state index in [1.807, 2.05) is 24.0 Å². The summed E-state index contributed by atoms with van der Waals surface area (Å²) in [5, 5.41) is 2.90. The van der Waals surface area contributed by atoms with E-state index in [9.17, 15) is 4.79 Å². The van der Waals surface area contributed by atoms with Crippen LogP contribution in [0.1, 0.15) is 18.5 Å². The molecule has 1 aromatic heterocycles. The number of hydrogen-bond acceptors (Lipinski definition) is 4. The van der Waals surface area contributed by atoms with Crippen molar-refractivity contribution in [3.05, 3.63) is 17.8 Å². The summed E-state index contributed by atoms with van der Waals surface area (Å²) in [7, 11) is 3.74. The molecule has 0 aromatic carbocycles. The van der Waals surface area contributed by atoms with Gasteiger partial charge >= 0.3 is 6.03 Å². The minimum absolute atomic E-state index is 0.0807. The zero-order valence-corrected chi connectivity index (χ0v) is 13.6. The van der Waals surface area contributed by atoms with Gasteiger partial charge < -0.3 is 14.5 Å². The summed E-state index contributed by atoms with van der Waals surface area (Å²) < 4.78 is 5.27. The Morgan fingerprint density at radius 3 is 2.77 bits per heavy atom. The van der Waals surface area contributed by atoms with Crippen molar-refractivity contribution < 1.29 is 9.53 Å². The first kappa shape index (κ1) is 15.1. The Morgan fingerprint density at radius 2 is 2.09 bits per heavy atom. The van der Waals surface area contributed by atoms with E-state index >= 15 is 0 Å². The van der Waals surface area contributed by atoms with Crippen LogP contribution in [0.5, 0.6) is 5.75 Å². The topological polar surface area (TPSA) is 57.7 Å². The zero-order valence-electron chi connectivity index (χ0n) is 13.6. The highest BCUT2D eigenvalue weighted by atomic mass is 16.5. The normalized spacial score (nSPS) is 25.0. The fraction of sp³-hybridized carbons (Fsp3) is 0.625. The predicted octanol–water partition coefficient (Wildman–Crippen LogP) is 1.96. The molecule has 0 radical (unpaired) electrons. The average Bonchev–Trinajstić information content (AvgIpc) is 3.06. The molecule has 120 valence electrons. The van der Waals surface area contributed by atoms with Gasteiger partial charge in [0, 0.05) is 30.7 Å². The highest BCUT2D eigenvalue weighted by Gasteiger charge is 2.43. The number of nitrogens with one attached hydrogen (secondary N) is 1. The number of rotatable bonds is 2. The van der Waals surface area contributed by atoms with Gasteiger partial charge in [0.2, 0.25) is 0 Å². The first-order chi connectivity index (χ1) is 10.5. The van der Waals surface area contributed by atoms with Crippen LogP contribution in [-0.2, 0) is 0 Å². The average molecular weight is 304 g/mol. The monoisotopic (exact) mass is 304 g/mol. The molecular formula is C16H24N4O2. The van der Waals surface area contributed by atoms with Crippen LogP contribution in [0.25, 0.3) is 0 Å². The summed E-state index contributed by atoms with van der Waals surface area (Å²) in [5.74, 6) is 1.09. The number of carbonyl (C=O) groups excluding carboxylic acids is 1. The van der Waals surface area contributed by atoms with Crippen LogP contribution in [0, 0.1) is 12.3 Å². The highest BCUT2D eigenvalue weighted by Crippen LogP contribution is 2.39. The van der Waals surface area contributed by atoms with E-state index in [1.165, 1.54) is 6.42 Å². The summed E-state index contributed by atoms with van der Waals surface area (Å²) in [4.78, 5) is 21.1. The van der Waals surface area contributed by atoms with Gasteiger partial charge in [-0.1, -0.05) is 0 Å². The third kappa shape index (κ3) is 2.88. The lowest BCUT2D eigenvalue weighted by molar-refractivity contribution is 0.212. The Labute approximate surface area is 131 Å². The van der Waals surface area contributed by atoms with Crippen LogP contribution in [0.4, 0.5) is 10.6 Å². The number of aryl methyl sites for hydroxylation is 1. The van der Waals surface area contributed by atoms with Gasteiger partial charge in [-0.15, -0.1) is 0 Å². The molecule has 6 nitrogen and oxygen atoms in total. The lowest BCUT2D eigenvalue weighted by Crippen LogP contribution is -2.36. The molecule has 1 N–H and O–H groups in total. The third-order valence-electron chi connectivity index (χ3n) is 4.80. The summed E-state index contributed by atoms with van der Waals surface area (Å²) in [6, 6.07) is 3.62. The lowest BCUT2D eigenvalue weighted by Gasteiger charge is -2.24. The van der Waals surface area contributed by atoms with Crippen LogP contribution in [-0.4, -0.2) is 61.2 Å². The molecule has 2 amide bonds. The second-order valence-corrected chi connectivity index (χ2v) is 6.59. The van der Waals surface area contributed by atoms with Crippen LogP contribution in [0.2, 0.25) is 0 Å². The SMILES string of the molecule is COc1ccc(C)nc1NC(=O)N1CCC2(CCN(C)C2)C1. The van der Waals surface area contributed by atoms with Crippen molar-refractivity contribution in [1.82, 2.24) is 14.8 Å². The maximum absolute atomic E-state index is 12.5. The molecule has 6 heteroatoms. The molecule has 3 rings (SSSR count). The number of carbonyl (C=O) groups is 1. The van der Waals surface area contributed by atoms with Gasteiger partial charge in [-0.3, -0.25) is 5.32 Å². The quantitative estimate of drug-likeness (QED) is 0.907. The summed E-state index contributed by atoms with van der Waals surface area (Å²) in [6.07, 6.45) is 2.27. The fourth-order valence-corrected chi connectivity index (χ4v) is 3.58. The molecule has 1 atom stereocenters. The van der Waals surface area contributed by atoms with Gasteiger partial charge in [0.15, 0.2) is 11.6 Å². The number of amides is 2. The number of likely N-dealkylation sites (tertiary alicyclic amines) is 2. The van der Waals surface area contributed by atoms with E-state index < -0.39 is 0 Å². The zero-order chi connectivity index (χ0) is 15.7. The van der Waals surface area contributed by atoms with Crippen molar-refractivity contribution in [2.75, 3.05) is 45.7 Å². The number of urea groups is 1. The largest absolute Gasteiger partial charge is 0.493 e. The molecule has 0 aliphatic carbocycles. The van der Waals surface area contributed by atoms with Crippen LogP contribution < -0.4 is 10.1 Å². The summed E-state index contributed by atoms with van der Waals surface area (Å²) >= 11 is 0. The first-order valence-electron chi connectivity index (χ1n) is 7.77. The van der Waals surface area contributed by atoms with E-state index in [0.29, 0.717) is 11.6 Å². The Morgan fingerprint density at radius 1 is 1.32 bits per heavy atom. The van der Waals surface area contributed by atoms with Gasteiger partial charge in [-0.2, -0.15) is 0 Å². The number of methoxy groups -OCH3 is 1. The minimum atomic E-state index is -0.0807. The van der Waals surface area contributed by atoms with Gasteiger partial charge in [-0.25, -0.2) is 9.78 Å². The number of aromatic nitrogens is 1. The molecule has 0 saturated carbocycles. The number of hydrogen-bond donors (Lipinski definition) is 1. The highest BCUT2D eigenvalue weighted by molar-refractivity contribution is 5.90. The third-order valence-corrected chi connectivity index (χ3v) is 4.80. The van der Waals surface area contributed by atoms with E-state index in [0.717, 1.165) is 38.3 Å². The molecular weight excluding hydrogens is 280 g/mol. The van der Waals surface area contributed by atoms with Gasteiger partial charge in [0.25, 0.3) is 0 Å². The number of nitrogens with zero attached hydrogens (tertiary/aromatic N) is 3. The Bertz CT molecular complexity index is 577. The van der Waals surface area contributed by atoms with Crippen molar-refractivity contribution in [3.63, 3.8) is 0 Å².